The second-order valence-electron chi connectivity index (χ2n) is 3.26. The van der Waals surface area contributed by atoms with E-state index in [0.717, 1.165) is 12.1 Å². The number of ether oxygens (including phenoxy) is 1. The van der Waals surface area contributed by atoms with Gasteiger partial charge in [0.1, 0.15) is 6.61 Å². The molecular weight excluding hydrogens is 235 g/mol. The van der Waals surface area contributed by atoms with E-state index >= 15 is 0 Å². The van der Waals surface area contributed by atoms with Gasteiger partial charge in [0.2, 0.25) is 5.91 Å². The first-order chi connectivity index (χ1) is 7.93. The van der Waals surface area contributed by atoms with Gasteiger partial charge in [-0.3, -0.25) is 4.79 Å². The third-order valence-corrected chi connectivity index (χ3v) is 1.91. The van der Waals surface area contributed by atoms with Crippen molar-refractivity contribution in [2.45, 2.75) is 13.1 Å². The van der Waals surface area contributed by atoms with Crippen LogP contribution in [-0.2, 0) is 15.7 Å². The average Bonchev–Trinajstić information content (AvgIpc) is 2.25. The van der Waals surface area contributed by atoms with E-state index in [0.29, 0.717) is 6.61 Å². The van der Waals surface area contributed by atoms with Gasteiger partial charge in [0, 0.05) is 12.3 Å². The molecule has 1 rings (SSSR count). The summed E-state index contributed by atoms with van der Waals surface area (Å²) in [4.78, 5) is 11.2. The van der Waals surface area contributed by atoms with Crippen LogP contribution in [0.3, 0.4) is 0 Å². The van der Waals surface area contributed by atoms with E-state index in [4.69, 9.17) is 4.74 Å². The molecule has 0 heterocycles. The van der Waals surface area contributed by atoms with Crippen molar-refractivity contribution in [1.29, 1.82) is 0 Å². The molecule has 0 saturated heterocycles. The lowest BCUT2D eigenvalue weighted by atomic mass is 10.2. The van der Waals surface area contributed by atoms with E-state index in [2.05, 4.69) is 5.32 Å². The van der Waals surface area contributed by atoms with Gasteiger partial charge in [-0.2, -0.15) is 13.2 Å². The highest BCUT2D eigenvalue weighted by molar-refractivity contribution is 5.91. The van der Waals surface area contributed by atoms with Crippen molar-refractivity contribution in [3.63, 3.8) is 0 Å². The Morgan fingerprint density at radius 3 is 2.71 bits per heavy atom. The Balaban J connectivity index is 2.69. The summed E-state index contributed by atoms with van der Waals surface area (Å²) in [5, 5.41) is 2.33. The van der Waals surface area contributed by atoms with Gasteiger partial charge in [0.15, 0.2) is 0 Å². The number of hydrogen-bond donors (Lipinski definition) is 1. The van der Waals surface area contributed by atoms with Crippen LogP contribution in [0, 0.1) is 0 Å². The second kappa shape index (κ2) is 5.67. The van der Waals surface area contributed by atoms with Crippen molar-refractivity contribution in [1.82, 2.24) is 0 Å². The molecule has 0 unspecified atom stereocenters. The Morgan fingerprint density at radius 2 is 2.12 bits per heavy atom. The normalized spacial score (nSPS) is 11.3. The molecule has 1 N–H and O–H groups in total. The lowest BCUT2D eigenvalue weighted by Gasteiger charge is -2.09. The van der Waals surface area contributed by atoms with Crippen LogP contribution < -0.4 is 5.32 Å². The van der Waals surface area contributed by atoms with Crippen molar-refractivity contribution >= 4 is 11.6 Å². The van der Waals surface area contributed by atoms with E-state index in [9.17, 15) is 18.0 Å². The van der Waals surface area contributed by atoms with Crippen LogP contribution in [0.4, 0.5) is 18.9 Å². The van der Waals surface area contributed by atoms with Crippen LogP contribution in [0.1, 0.15) is 12.5 Å². The van der Waals surface area contributed by atoms with Crippen LogP contribution in [-0.4, -0.2) is 19.1 Å². The molecule has 0 atom stereocenters. The number of amides is 1. The topological polar surface area (TPSA) is 38.3 Å². The zero-order valence-electron chi connectivity index (χ0n) is 9.17. The summed E-state index contributed by atoms with van der Waals surface area (Å²) in [6, 6.07) is 4.44. The lowest BCUT2D eigenvalue weighted by molar-refractivity contribution is -0.137. The number of nitrogens with one attached hydrogen (secondary N) is 1. The smallest absolute Gasteiger partial charge is 0.372 e. The number of carbonyl (C=O) groups is 1. The summed E-state index contributed by atoms with van der Waals surface area (Å²) in [6.07, 6.45) is -4.42. The van der Waals surface area contributed by atoms with Crippen LogP contribution in [0.2, 0.25) is 0 Å². The molecule has 1 aromatic carbocycles. The zero-order valence-corrected chi connectivity index (χ0v) is 9.17. The molecule has 0 aliphatic carbocycles. The summed E-state index contributed by atoms with van der Waals surface area (Å²) in [5.41, 5.74) is -0.698. The molecule has 0 fully saturated rings. The van der Waals surface area contributed by atoms with Crippen LogP contribution in [0.5, 0.6) is 0 Å². The molecule has 3 nitrogen and oxygen atoms in total. The Hall–Kier alpha value is -1.56. The van der Waals surface area contributed by atoms with Gasteiger partial charge >= 0.3 is 6.18 Å². The van der Waals surface area contributed by atoms with Gasteiger partial charge in [-0.05, 0) is 25.1 Å². The predicted octanol–water partition coefficient (Wildman–Crippen LogP) is 2.68. The number of halogens is 3. The van der Waals surface area contributed by atoms with Crippen molar-refractivity contribution in [2.24, 2.45) is 0 Å². The molecule has 17 heavy (non-hydrogen) atoms. The predicted molar refractivity (Wildman–Crippen MR) is 56.6 cm³/mol. The minimum atomic E-state index is -4.42. The van der Waals surface area contributed by atoms with Crippen molar-refractivity contribution < 1.29 is 22.7 Å². The van der Waals surface area contributed by atoms with Gasteiger partial charge in [-0.25, -0.2) is 0 Å². The Morgan fingerprint density at radius 1 is 1.41 bits per heavy atom. The average molecular weight is 247 g/mol. The molecule has 0 saturated carbocycles. The van der Waals surface area contributed by atoms with Crippen LogP contribution >= 0.6 is 0 Å². The lowest BCUT2D eigenvalue weighted by Crippen LogP contribution is -2.18. The number of alkyl halides is 3. The van der Waals surface area contributed by atoms with E-state index in [1.54, 1.807) is 6.92 Å². The van der Waals surface area contributed by atoms with Crippen molar-refractivity contribution in [3.8, 4) is 0 Å². The maximum Gasteiger partial charge on any atom is 0.416 e. The van der Waals surface area contributed by atoms with E-state index < -0.39 is 17.6 Å². The third kappa shape index (κ3) is 4.44. The fourth-order valence-electron chi connectivity index (χ4n) is 1.17. The largest absolute Gasteiger partial charge is 0.416 e. The Kier molecular flexibility index (Phi) is 4.51. The highest BCUT2D eigenvalue weighted by Crippen LogP contribution is 2.30. The minimum absolute atomic E-state index is 0.101. The monoisotopic (exact) mass is 247 g/mol. The molecule has 0 radical (unpaired) electrons. The second-order valence-corrected chi connectivity index (χ2v) is 3.26. The summed E-state index contributed by atoms with van der Waals surface area (Å²) in [6.45, 7) is 1.92. The van der Waals surface area contributed by atoms with Gasteiger partial charge in [0.25, 0.3) is 0 Å². The molecule has 94 valence electrons. The van der Waals surface area contributed by atoms with Crippen LogP contribution in [0.15, 0.2) is 24.3 Å². The molecule has 1 amide bonds. The molecule has 0 aliphatic rings. The number of hydrogen-bond acceptors (Lipinski definition) is 2. The van der Waals surface area contributed by atoms with Gasteiger partial charge in [-0.1, -0.05) is 6.07 Å². The zero-order chi connectivity index (χ0) is 12.9. The van der Waals surface area contributed by atoms with E-state index in [1.807, 2.05) is 0 Å². The molecule has 1 aromatic rings. The summed E-state index contributed by atoms with van der Waals surface area (Å²) < 4.78 is 41.9. The van der Waals surface area contributed by atoms with Crippen molar-refractivity contribution in [2.75, 3.05) is 18.5 Å². The summed E-state index contributed by atoms with van der Waals surface area (Å²) in [7, 11) is 0. The first-order valence-electron chi connectivity index (χ1n) is 4.98. The number of carbonyl (C=O) groups excluding carboxylic acids is 1. The van der Waals surface area contributed by atoms with Crippen LogP contribution in [0.25, 0.3) is 0 Å². The molecule has 6 heteroatoms. The number of anilines is 1. The maximum atomic E-state index is 12.4. The molecular formula is C11H12F3NO2. The SMILES string of the molecule is CCOCC(=O)Nc1cccc(C(F)(F)F)c1. The number of benzene rings is 1. The molecule has 0 bridgehead atoms. The van der Waals surface area contributed by atoms with Gasteiger partial charge in [-0.15, -0.1) is 0 Å². The fraction of sp³-hybridized carbons (Fsp3) is 0.364. The summed E-state index contributed by atoms with van der Waals surface area (Å²) >= 11 is 0. The maximum absolute atomic E-state index is 12.4. The first kappa shape index (κ1) is 13.5. The minimum Gasteiger partial charge on any atom is -0.372 e. The molecule has 0 spiro atoms. The quantitative estimate of drug-likeness (QED) is 0.888. The Labute approximate surface area is 96.6 Å². The fourth-order valence-corrected chi connectivity index (χ4v) is 1.17. The van der Waals surface area contributed by atoms with E-state index in [-0.39, 0.29) is 12.3 Å². The molecule has 0 aliphatic heterocycles. The molecule has 0 aromatic heterocycles. The number of rotatable bonds is 4. The Bertz CT molecular complexity index is 391. The highest BCUT2D eigenvalue weighted by Gasteiger charge is 2.30. The van der Waals surface area contributed by atoms with Gasteiger partial charge in [0.05, 0.1) is 5.56 Å². The van der Waals surface area contributed by atoms with Gasteiger partial charge < -0.3 is 10.1 Å². The van der Waals surface area contributed by atoms with Crippen molar-refractivity contribution in [3.05, 3.63) is 29.8 Å². The third-order valence-electron chi connectivity index (χ3n) is 1.91. The van der Waals surface area contributed by atoms with E-state index in [1.165, 1.54) is 12.1 Å². The first-order valence-corrected chi connectivity index (χ1v) is 4.98. The summed E-state index contributed by atoms with van der Waals surface area (Å²) in [5.74, 6) is -0.480. The standard InChI is InChI=1S/C11H12F3NO2/c1-2-17-7-10(16)15-9-5-3-4-8(6-9)11(12,13)14/h3-6H,2,7H2,1H3,(H,15,16). The highest BCUT2D eigenvalue weighted by atomic mass is 19.4.